The van der Waals surface area contributed by atoms with Gasteiger partial charge in [-0.25, -0.2) is 17.5 Å². The van der Waals surface area contributed by atoms with Crippen molar-refractivity contribution in [1.82, 2.24) is 15.4 Å². The van der Waals surface area contributed by atoms with Gasteiger partial charge in [-0.3, -0.25) is 4.99 Å². The number of nitrogens with zero attached hydrogens (tertiary/aromatic N) is 1. The first-order chi connectivity index (χ1) is 14.4. The molecule has 1 aliphatic carbocycles. The molecule has 0 spiro atoms. The van der Waals surface area contributed by atoms with E-state index in [1.165, 1.54) is 6.07 Å². The van der Waals surface area contributed by atoms with Crippen LogP contribution in [-0.4, -0.2) is 39.8 Å². The molecule has 0 atom stereocenters. The average Bonchev–Trinajstić information content (AvgIpc) is 3.52. The van der Waals surface area contributed by atoms with E-state index < -0.39 is 10.0 Å². The van der Waals surface area contributed by atoms with E-state index in [1.54, 1.807) is 6.07 Å². The Balaban J connectivity index is 0.00000341. The molecule has 0 aromatic heterocycles. The van der Waals surface area contributed by atoms with Gasteiger partial charge in [0.2, 0.25) is 10.0 Å². The maximum absolute atomic E-state index is 14.2. The molecule has 0 saturated heterocycles. The van der Waals surface area contributed by atoms with Gasteiger partial charge in [0.25, 0.3) is 0 Å². The Morgan fingerprint density at radius 1 is 1.06 bits per heavy atom. The smallest absolute Gasteiger partial charge is 0.213 e. The molecule has 0 aliphatic heterocycles. The lowest BCUT2D eigenvalue weighted by atomic mass is 9.95. The zero-order valence-electron chi connectivity index (χ0n) is 17.6. The van der Waals surface area contributed by atoms with Crippen LogP contribution in [0.1, 0.15) is 30.9 Å². The molecule has 1 saturated carbocycles. The van der Waals surface area contributed by atoms with Crippen LogP contribution in [-0.2, 0) is 22.0 Å². The van der Waals surface area contributed by atoms with Crippen molar-refractivity contribution in [1.29, 1.82) is 0 Å². The van der Waals surface area contributed by atoms with E-state index in [4.69, 9.17) is 0 Å². The van der Waals surface area contributed by atoms with Crippen molar-refractivity contribution >= 4 is 40.0 Å². The van der Waals surface area contributed by atoms with Crippen molar-refractivity contribution in [3.05, 3.63) is 71.5 Å². The van der Waals surface area contributed by atoms with Gasteiger partial charge in [-0.05, 0) is 37.0 Å². The number of hydrogen-bond acceptors (Lipinski definition) is 3. The summed E-state index contributed by atoms with van der Waals surface area (Å²) < 4.78 is 41.3. The first-order valence-corrected chi connectivity index (χ1v) is 11.9. The lowest BCUT2D eigenvalue weighted by molar-refractivity contribution is 0.571. The highest BCUT2D eigenvalue weighted by Gasteiger charge is 2.45. The van der Waals surface area contributed by atoms with Crippen LogP contribution in [0.2, 0.25) is 0 Å². The summed E-state index contributed by atoms with van der Waals surface area (Å²) in [6, 6.07) is 16.2. The Morgan fingerprint density at radius 3 is 2.39 bits per heavy atom. The van der Waals surface area contributed by atoms with Crippen LogP contribution in [0.25, 0.3) is 0 Å². The first-order valence-electron chi connectivity index (χ1n) is 10.2. The minimum atomic E-state index is -3.41. The molecule has 2 aromatic rings. The summed E-state index contributed by atoms with van der Waals surface area (Å²) in [5.41, 5.74) is 1.36. The first kappa shape index (κ1) is 25.5. The number of guanidine groups is 1. The molecule has 0 radical (unpaired) electrons. The number of hydrogen-bond donors (Lipinski definition) is 3. The van der Waals surface area contributed by atoms with Gasteiger partial charge in [-0.15, -0.1) is 24.0 Å². The molecule has 6 nitrogen and oxygen atoms in total. The predicted octanol–water partition coefficient (Wildman–Crippen LogP) is 3.15. The summed E-state index contributed by atoms with van der Waals surface area (Å²) in [5, 5.41) is 6.19. The van der Waals surface area contributed by atoms with Gasteiger partial charge < -0.3 is 10.6 Å². The second kappa shape index (κ2) is 11.8. The Kier molecular flexibility index (Phi) is 9.70. The zero-order valence-corrected chi connectivity index (χ0v) is 20.8. The highest BCUT2D eigenvalue weighted by molar-refractivity contribution is 14.0. The van der Waals surface area contributed by atoms with E-state index in [-0.39, 0.29) is 54.1 Å². The Hall–Kier alpha value is -1.72. The molecule has 3 rings (SSSR count). The lowest BCUT2D eigenvalue weighted by Gasteiger charge is -2.16. The number of benzene rings is 2. The zero-order chi connectivity index (χ0) is 21.5. The summed E-state index contributed by atoms with van der Waals surface area (Å²) >= 11 is 0. The van der Waals surface area contributed by atoms with E-state index in [1.807, 2.05) is 49.4 Å². The predicted molar refractivity (Wildman–Crippen MR) is 134 cm³/mol. The fraction of sp³-hybridized carbons (Fsp3) is 0.409. The SMILES string of the molecule is CCNC(=NCC1(c2ccccc2F)CC1)NCCS(=O)(=O)NCc1ccccc1.I. The molecular formula is C22H30FIN4O2S. The molecule has 9 heteroatoms. The van der Waals surface area contributed by atoms with Crippen LogP contribution in [0, 0.1) is 5.82 Å². The van der Waals surface area contributed by atoms with Crippen molar-refractivity contribution in [3.63, 3.8) is 0 Å². The Labute approximate surface area is 201 Å². The molecule has 170 valence electrons. The number of sulfonamides is 1. The van der Waals surface area contributed by atoms with Crippen LogP contribution in [0.4, 0.5) is 4.39 Å². The van der Waals surface area contributed by atoms with E-state index >= 15 is 0 Å². The monoisotopic (exact) mass is 560 g/mol. The van der Waals surface area contributed by atoms with Crippen molar-refractivity contribution in [2.75, 3.05) is 25.4 Å². The minimum absolute atomic E-state index is 0. The standard InChI is InChI=1S/C22H29FN4O2S.HI/c1-2-24-21(26-17-22(12-13-22)19-10-6-7-11-20(19)23)25-14-15-30(28,29)27-16-18-8-4-3-5-9-18;/h3-11,27H,2,12-17H2,1H3,(H2,24,25,26);1H. The summed E-state index contributed by atoms with van der Waals surface area (Å²) in [5.74, 6) is 0.278. The van der Waals surface area contributed by atoms with Crippen molar-refractivity contribution in [3.8, 4) is 0 Å². The summed E-state index contributed by atoms with van der Waals surface area (Å²) in [4.78, 5) is 4.59. The van der Waals surface area contributed by atoms with Gasteiger partial charge in [0.15, 0.2) is 5.96 Å². The van der Waals surface area contributed by atoms with Gasteiger partial charge in [-0.1, -0.05) is 48.5 Å². The lowest BCUT2D eigenvalue weighted by Crippen LogP contribution is -2.41. The molecule has 0 heterocycles. The largest absolute Gasteiger partial charge is 0.357 e. The van der Waals surface area contributed by atoms with Crippen LogP contribution in [0.3, 0.4) is 0 Å². The summed E-state index contributed by atoms with van der Waals surface area (Å²) in [6.07, 6.45) is 1.79. The van der Waals surface area contributed by atoms with Crippen LogP contribution >= 0.6 is 24.0 Å². The van der Waals surface area contributed by atoms with Crippen molar-refractivity contribution in [2.24, 2.45) is 4.99 Å². The van der Waals surface area contributed by atoms with Crippen LogP contribution in [0.15, 0.2) is 59.6 Å². The van der Waals surface area contributed by atoms with Crippen LogP contribution in [0.5, 0.6) is 0 Å². The molecule has 0 unspecified atom stereocenters. The quantitative estimate of drug-likeness (QED) is 0.237. The topological polar surface area (TPSA) is 82.6 Å². The molecular weight excluding hydrogens is 530 g/mol. The number of halogens is 2. The van der Waals surface area contributed by atoms with Gasteiger partial charge >= 0.3 is 0 Å². The van der Waals surface area contributed by atoms with Crippen molar-refractivity contribution in [2.45, 2.75) is 31.7 Å². The third-order valence-corrected chi connectivity index (χ3v) is 6.51. The normalized spacial score (nSPS) is 15.1. The molecule has 1 fully saturated rings. The number of rotatable bonds is 10. The van der Waals surface area contributed by atoms with Gasteiger partial charge in [0, 0.05) is 25.0 Å². The molecule has 31 heavy (non-hydrogen) atoms. The van der Waals surface area contributed by atoms with E-state index in [0.717, 1.165) is 18.4 Å². The molecule has 2 aromatic carbocycles. The van der Waals surface area contributed by atoms with Gasteiger partial charge in [0.1, 0.15) is 5.82 Å². The number of aliphatic imine (C=N–C) groups is 1. The molecule has 0 bridgehead atoms. The Morgan fingerprint density at radius 2 is 1.74 bits per heavy atom. The summed E-state index contributed by atoms with van der Waals surface area (Å²) in [6.45, 7) is 3.55. The highest BCUT2D eigenvalue weighted by Crippen LogP contribution is 2.49. The third-order valence-electron chi connectivity index (χ3n) is 5.19. The van der Waals surface area contributed by atoms with Crippen LogP contribution < -0.4 is 15.4 Å². The summed E-state index contributed by atoms with van der Waals surface area (Å²) in [7, 11) is -3.41. The second-order valence-electron chi connectivity index (χ2n) is 7.51. The van der Waals surface area contributed by atoms with E-state index in [9.17, 15) is 12.8 Å². The molecule has 0 amide bonds. The van der Waals surface area contributed by atoms with E-state index in [2.05, 4.69) is 20.3 Å². The maximum atomic E-state index is 14.2. The fourth-order valence-electron chi connectivity index (χ4n) is 3.29. The molecule has 3 N–H and O–H groups in total. The van der Waals surface area contributed by atoms with Crippen molar-refractivity contribution < 1.29 is 12.8 Å². The second-order valence-corrected chi connectivity index (χ2v) is 9.43. The fourth-order valence-corrected chi connectivity index (χ4v) is 4.19. The van der Waals surface area contributed by atoms with Gasteiger partial charge in [0.05, 0.1) is 12.3 Å². The number of nitrogens with one attached hydrogen (secondary N) is 3. The third kappa shape index (κ3) is 7.73. The Bertz CT molecular complexity index is 966. The maximum Gasteiger partial charge on any atom is 0.213 e. The minimum Gasteiger partial charge on any atom is -0.357 e. The molecule has 1 aliphatic rings. The van der Waals surface area contributed by atoms with E-state index in [0.29, 0.717) is 24.6 Å². The van der Waals surface area contributed by atoms with Gasteiger partial charge in [-0.2, -0.15) is 0 Å². The average molecular weight is 560 g/mol. The highest BCUT2D eigenvalue weighted by atomic mass is 127.